The molecular weight excluding hydrogens is 252 g/mol. The van der Waals surface area contributed by atoms with E-state index in [1.807, 2.05) is 4.57 Å². The number of hydrogen-bond donors (Lipinski definition) is 0. The minimum absolute atomic E-state index is 0.169. The number of fused-ring (bicyclic) bond motifs is 1. The fourth-order valence-electron chi connectivity index (χ4n) is 2.39. The fraction of sp³-hybridized carbons (Fsp3) is 0.357. The van der Waals surface area contributed by atoms with Crippen molar-refractivity contribution in [2.45, 2.75) is 25.8 Å². The normalized spacial score (nSPS) is 14.9. The molecule has 1 heterocycles. The van der Waals surface area contributed by atoms with Gasteiger partial charge in [-0.3, -0.25) is 4.79 Å². The lowest BCUT2D eigenvalue weighted by molar-refractivity contribution is 0.374. The molecule has 0 saturated heterocycles. The highest BCUT2D eigenvalue weighted by Gasteiger charge is 2.28. The van der Waals surface area contributed by atoms with E-state index in [1.165, 1.54) is 7.11 Å². The lowest BCUT2D eigenvalue weighted by Crippen LogP contribution is -2.14. The van der Waals surface area contributed by atoms with Gasteiger partial charge in [0.15, 0.2) is 17.0 Å². The zero-order valence-electron chi connectivity index (χ0n) is 10.7. The second-order valence-corrected chi connectivity index (χ2v) is 4.88. The van der Waals surface area contributed by atoms with Crippen molar-refractivity contribution < 1.29 is 13.5 Å². The Labute approximate surface area is 108 Å². The molecule has 0 radical (unpaired) electrons. The van der Waals surface area contributed by atoms with Crippen LogP contribution in [-0.4, -0.2) is 11.7 Å². The Balaban J connectivity index is 2.52. The number of aromatic nitrogens is 1. The Kier molecular flexibility index (Phi) is 2.59. The number of hydrogen-bond acceptors (Lipinski definition) is 2. The largest absolute Gasteiger partial charge is 0.491 e. The van der Waals surface area contributed by atoms with Gasteiger partial charge in [-0.25, -0.2) is 4.39 Å². The van der Waals surface area contributed by atoms with Gasteiger partial charge < -0.3 is 9.30 Å². The van der Waals surface area contributed by atoms with Crippen LogP contribution < -0.4 is 10.2 Å². The summed E-state index contributed by atoms with van der Waals surface area (Å²) in [5, 5.41) is 0.169. The lowest BCUT2D eigenvalue weighted by atomic mass is 10.1. The van der Waals surface area contributed by atoms with Gasteiger partial charge in [-0.05, 0) is 25.8 Å². The van der Waals surface area contributed by atoms with Crippen LogP contribution in [0, 0.1) is 18.6 Å². The quantitative estimate of drug-likeness (QED) is 0.836. The zero-order valence-corrected chi connectivity index (χ0v) is 10.7. The first-order valence-corrected chi connectivity index (χ1v) is 6.12. The van der Waals surface area contributed by atoms with E-state index in [4.69, 9.17) is 4.74 Å². The van der Waals surface area contributed by atoms with E-state index in [1.54, 1.807) is 13.1 Å². The Hall–Kier alpha value is -1.91. The first-order valence-electron chi connectivity index (χ1n) is 6.12. The first kappa shape index (κ1) is 12.1. The molecule has 1 aliphatic rings. The summed E-state index contributed by atoms with van der Waals surface area (Å²) < 4.78 is 34.2. The van der Waals surface area contributed by atoms with Crippen molar-refractivity contribution in [2.24, 2.45) is 0 Å². The van der Waals surface area contributed by atoms with Crippen LogP contribution in [0.2, 0.25) is 0 Å². The highest BCUT2D eigenvalue weighted by Crippen LogP contribution is 2.40. The van der Waals surface area contributed by atoms with Gasteiger partial charge in [0, 0.05) is 17.8 Å². The average Bonchev–Trinajstić information content (AvgIpc) is 3.20. The fourth-order valence-corrected chi connectivity index (χ4v) is 2.39. The predicted octanol–water partition coefficient (Wildman–Crippen LogP) is 2.93. The molecule has 0 unspecified atom stereocenters. The molecule has 1 aromatic heterocycles. The Morgan fingerprint density at radius 2 is 2.05 bits per heavy atom. The standard InChI is InChI=1S/C14H13F2NO2/c1-7-6-17(8-3-4-8)12-9(13(7)18)5-10(15)11(16)14(12)19-2/h5-6,8H,3-4H2,1-2H3. The number of rotatable bonds is 2. The Morgan fingerprint density at radius 1 is 1.37 bits per heavy atom. The molecule has 1 saturated carbocycles. The molecule has 3 rings (SSSR count). The number of halogens is 2. The molecular formula is C14H13F2NO2. The van der Waals surface area contributed by atoms with Crippen LogP contribution in [0.15, 0.2) is 17.1 Å². The number of ether oxygens (including phenoxy) is 1. The van der Waals surface area contributed by atoms with Crippen molar-refractivity contribution in [1.82, 2.24) is 4.57 Å². The maximum atomic E-state index is 13.8. The minimum atomic E-state index is -1.06. The maximum absolute atomic E-state index is 13.8. The molecule has 3 nitrogen and oxygen atoms in total. The third-order valence-corrected chi connectivity index (χ3v) is 3.49. The van der Waals surface area contributed by atoms with Crippen molar-refractivity contribution in [3.05, 3.63) is 39.7 Å². The highest BCUT2D eigenvalue weighted by molar-refractivity contribution is 5.86. The molecule has 0 aliphatic heterocycles. The summed E-state index contributed by atoms with van der Waals surface area (Å²) in [4.78, 5) is 12.1. The van der Waals surface area contributed by atoms with E-state index in [9.17, 15) is 13.6 Å². The van der Waals surface area contributed by atoms with Gasteiger partial charge in [0.25, 0.3) is 0 Å². The van der Waals surface area contributed by atoms with Crippen LogP contribution in [0.1, 0.15) is 24.4 Å². The van der Waals surface area contributed by atoms with Gasteiger partial charge in [0.05, 0.1) is 18.0 Å². The molecule has 0 bridgehead atoms. The van der Waals surface area contributed by atoms with Gasteiger partial charge in [-0.1, -0.05) is 0 Å². The van der Waals surface area contributed by atoms with E-state index >= 15 is 0 Å². The summed E-state index contributed by atoms with van der Waals surface area (Å²) in [6, 6.07) is 1.20. The van der Waals surface area contributed by atoms with E-state index in [0.717, 1.165) is 18.9 Å². The summed E-state index contributed by atoms with van der Waals surface area (Å²) >= 11 is 0. The second-order valence-electron chi connectivity index (χ2n) is 4.88. The molecule has 1 aromatic carbocycles. The number of methoxy groups -OCH3 is 1. The van der Waals surface area contributed by atoms with Crippen molar-refractivity contribution >= 4 is 10.9 Å². The summed E-state index contributed by atoms with van der Waals surface area (Å²) in [7, 11) is 1.28. The monoisotopic (exact) mass is 265 g/mol. The van der Waals surface area contributed by atoms with Gasteiger partial charge in [-0.2, -0.15) is 4.39 Å². The van der Waals surface area contributed by atoms with Crippen LogP contribution in [0.3, 0.4) is 0 Å². The third kappa shape index (κ3) is 1.72. The molecule has 5 heteroatoms. The predicted molar refractivity (Wildman–Crippen MR) is 67.7 cm³/mol. The number of pyridine rings is 1. The average molecular weight is 265 g/mol. The van der Waals surface area contributed by atoms with Crippen LogP contribution in [0.4, 0.5) is 8.78 Å². The topological polar surface area (TPSA) is 31.2 Å². The summed E-state index contributed by atoms with van der Waals surface area (Å²) in [6.45, 7) is 1.67. The SMILES string of the molecule is COc1c(F)c(F)cc2c(=O)c(C)cn(C3CC3)c12. The first-order chi connectivity index (χ1) is 9.04. The smallest absolute Gasteiger partial charge is 0.202 e. The molecule has 0 N–H and O–H groups in total. The minimum Gasteiger partial charge on any atom is -0.491 e. The zero-order chi connectivity index (χ0) is 13.7. The molecule has 0 amide bonds. The van der Waals surface area contributed by atoms with Crippen LogP contribution >= 0.6 is 0 Å². The van der Waals surface area contributed by atoms with E-state index in [2.05, 4.69) is 0 Å². The Bertz CT molecular complexity index is 733. The maximum Gasteiger partial charge on any atom is 0.202 e. The van der Waals surface area contributed by atoms with Crippen molar-refractivity contribution in [3.8, 4) is 5.75 Å². The van der Waals surface area contributed by atoms with Crippen molar-refractivity contribution in [1.29, 1.82) is 0 Å². The molecule has 19 heavy (non-hydrogen) atoms. The van der Waals surface area contributed by atoms with E-state index in [0.29, 0.717) is 11.1 Å². The van der Waals surface area contributed by atoms with Crippen LogP contribution in [0.25, 0.3) is 10.9 Å². The second kappa shape index (κ2) is 4.05. The van der Waals surface area contributed by atoms with Crippen molar-refractivity contribution in [3.63, 3.8) is 0 Å². The van der Waals surface area contributed by atoms with E-state index < -0.39 is 11.6 Å². The summed E-state index contributed by atoms with van der Waals surface area (Å²) in [5.74, 6) is -2.30. The van der Waals surface area contributed by atoms with Gasteiger partial charge in [-0.15, -0.1) is 0 Å². The Morgan fingerprint density at radius 3 is 2.63 bits per heavy atom. The summed E-state index contributed by atoms with van der Waals surface area (Å²) in [5.41, 5.74) is 0.580. The van der Waals surface area contributed by atoms with Crippen LogP contribution in [-0.2, 0) is 0 Å². The molecule has 0 spiro atoms. The number of aryl methyl sites for hydroxylation is 1. The lowest BCUT2D eigenvalue weighted by Gasteiger charge is -2.15. The number of benzene rings is 1. The molecule has 100 valence electrons. The highest BCUT2D eigenvalue weighted by atomic mass is 19.2. The molecule has 1 fully saturated rings. The molecule has 0 atom stereocenters. The molecule has 1 aliphatic carbocycles. The van der Waals surface area contributed by atoms with Gasteiger partial charge in [0.1, 0.15) is 0 Å². The van der Waals surface area contributed by atoms with Gasteiger partial charge >= 0.3 is 0 Å². The van der Waals surface area contributed by atoms with Crippen molar-refractivity contribution in [2.75, 3.05) is 7.11 Å². The third-order valence-electron chi connectivity index (χ3n) is 3.49. The number of nitrogens with zero attached hydrogens (tertiary/aromatic N) is 1. The van der Waals surface area contributed by atoms with E-state index in [-0.39, 0.29) is 22.6 Å². The summed E-state index contributed by atoms with van der Waals surface area (Å²) in [6.07, 6.45) is 3.64. The van der Waals surface area contributed by atoms with Gasteiger partial charge in [0.2, 0.25) is 5.82 Å². The molecule has 2 aromatic rings. The van der Waals surface area contributed by atoms with Crippen LogP contribution in [0.5, 0.6) is 5.75 Å².